The first-order valence-electron chi connectivity index (χ1n) is 10.8. The van der Waals surface area contributed by atoms with Gasteiger partial charge in [0.05, 0.1) is 16.5 Å². The molecule has 1 N–H and O–H groups in total. The molecule has 3 rings (SSSR count). The largest absolute Gasteiger partial charge is 0.492 e. The third kappa shape index (κ3) is 6.51. The van der Waals surface area contributed by atoms with Gasteiger partial charge in [-0.3, -0.25) is 4.79 Å². The van der Waals surface area contributed by atoms with Gasteiger partial charge in [-0.25, -0.2) is 21.1 Å². The molecule has 35 heavy (non-hydrogen) atoms. The zero-order chi connectivity index (χ0) is 25.8. The Morgan fingerprint density at radius 1 is 1.03 bits per heavy atom. The van der Waals surface area contributed by atoms with Crippen LogP contribution < -0.4 is 10.1 Å². The number of benzene rings is 2. The highest BCUT2D eigenvalue weighted by Gasteiger charge is 2.30. The molecule has 0 spiro atoms. The number of halogens is 1. The Morgan fingerprint density at radius 3 is 2.26 bits per heavy atom. The zero-order valence-corrected chi connectivity index (χ0v) is 22.2. The van der Waals surface area contributed by atoms with E-state index in [-0.39, 0.29) is 33.5 Å². The fourth-order valence-corrected chi connectivity index (χ4v) is 6.19. The molecular formula is C22H29ClN4O6S2. The first-order chi connectivity index (χ1) is 16.4. The van der Waals surface area contributed by atoms with Gasteiger partial charge in [0.15, 0.2) is 0 Å². The second kappa shape index (κ2) is 11.2. The van der Waals surface area contributed by atoms with E-state index < -0.39 is 26.0 Å². The van der Waals surface area contributed by atoms with E-state index in [4.69, 9.17) is 16.3 Å². The molecule has 0 saturated carbocycles. The summed E-state index contributed by atoms with van der Waals surface area (Å²) in [5.41, 5.74) is 0.167. The van der Waals surface area contributed by atoms with E-state index in [2.05, 4.69) is 5.32 Å². The van der Waals surface area contributed by atoms with Crippen LogP contribution in [0.2, 0.25) is 5.02 Å². The molecule has 1 aliphatic rings. The van der Waals surface area contributed by atoms with Crippen LogP contribution in [0.15, 0.2) is 52.3 Å². The van der Waals surface area contributed by atoms with Crippen molar-refractivity contribution in [2.24, 2.45) is 0 Å². The molecule has 0 unspecified atom stereocenters. The monoisotopic (exact) mass is 544 g/mol. The lowest BCUT2D eigenvalue weighted by Crippen LogP contribution is -2.47. The van der Waals surface area contributed by atoms with Crippen molar-refractivity contribution in [1.82, 2.24) is 18.8 Å². The molecule has 1 fully saturated rings. The first kappa shape index (κ1) is 27.4. The van der Waals surface area contributed by atoms with Gasteiger partial charge in [-0.1, -0.05) is 11.6 Å². The summed E-state index contributed by atoms with van der Waals surface area (Å²) in [5, 5.41) is 2.74. The van der Waals surface area contributed by atoms with Crippen LogP contribution in [0.25, 0.3) is 0 Å². The molecule has 192 valence electrons. The SMILES string of the molecule is CN1CCN(S(=O)(=O)c2cc(C(=O)NCCOc3ccc(S(=O)(=O)N(C)C)cc3)ccc2Cl)CC1. The number of rotatable bonds is 9. The van der Waals surface area contributed by atoms with E-state index >= 15 is 0 Å². The van der Waals surface area contributed by atoms with Gasteiger partial charge in [0.25, 0.3) is 5.91 Å². The summed E-state index contributed by atoms with van der Waals surface area (Å²) < 4.78 is 58.4. The standard InChI is InChI=1S/C22H29ClN4O6S2/c1-25(2)34(29,30)19-7-5-18(6-8-19)33-15-10-24-22(28)17-4-9-20(23)21(16-17)35(31,32)27-13-11-26(3)12-14-27/h4-9,16H,10-15H2,1-3H3,(H,24,28). The Labute approximate surface area is 211 Å². The van der Waals surface area contributed by atoms with E-state index in [9.17, 15) is 21.6 Å². The summed E-state index contributed by atoms with van der Waals surface area (Å²) in [5.74, 6) is -0.0171. The zero-order valence-electron chi connectivity index (χ0n) is 19.8. The topological polar surface area (TPSA) is 116 Å². The first-order valence-corrected chi connectivity index (χ1v) is 14.1. The van der Waals surface area contributed by atoms with Crippen molar-refractivity contribution < 1.29 is 26.4 Å². The normalized spacial score (nSPS) is 15.8. The highest BCUT2D eigenvalue weighted by Crippen LogP contribution is 2.26. The second-order valence-corrected chi connectivity index (χ2v) is 12.7. The van der Waals surface area contributed by atoms with Crippen LogP contribution in [0.4, 0.5) is 0 Å². The third-order valence-corrected chi connectivity index (χ3v) is 9.74. The minimum absolute atomic E-state index is 0.0588. The average molecular weight is 545 g/mol. The van der Waals surface area contributed by atoms with Crippen LogP contribution in [-0.2, 0) is 20.0 Å². The number of nitrogens with one attached hydrogen (secondary N) is 1. The molecule has 0 bridgehead atoms. The lowest BCUT2D eigenvalue weighted by molar-refractivity contribution is 0.0946. The molecule has 1 heterocycles. The highest BCUT2D eigenvalue weighted by atomic mass is 35.5. The highest BCUT2D eigenvalue weighted by molar-refractivity contribution is 7.89. The number of likely N-dealkylation sites (N-methyl/N-ethyl adjacent to an activating group) is 1. The fraction of sp³-hybridized carbons (Fsp3) is 0.409. The lowest BCUT2D eigenvalue weighted by atomic mass is 10.2. The maximum absolute atomic E-state index is 13.1. The minimum Gasteiger partial charge on any atom is -0.492 e. The Bertz CT molecular complexity index is 1260. The van der Waals surface area contributed by atoms with Gasteiger partial charge < -0.3 is 15.0 Å². The maximum Gasteiger partial charge on any atom is 0.251 e. The summed E-state index contributed by atoms with van der Waals surface area (Å²) in [6.07, 6.45) is 0. The van der Waals surface area contributed by atoms with Gasteiger partial charge in [0, 0.05) is 45.8 Å². The van der Waals surface area contributed by atoms with E-state index in [0.29, 0.717) is 31.9 Å². The van der Waals surface area contributed by atoms with Crippen LogP contribution in [-0.4, -0.2) is 96.7 Å². The average Bonchev–Trinajstić information content (AvgIpc) is 2.82. The molecule has 13 heteroatoms. The summed E-state index contributed by atoms with van der Waals surface area (Å²) in [7, 11) is -2.52. The van der Waals surface area contributed by atoms with Gasteiger partial charge in [-0.05, 0) is 49.5 Å². The molecule has 1 amide bonds. The van der Waals surface area contributed by atoms with Crippen LogP contribution in [0, 0.1) is 0 Å². The molecule has 0 aromatic heterocycles. The van der Waals surface area contributed by atoms with E-state index in [1.54, 1.807) is 0 Å². The molecule has 10 nitrogen and oxygen atoms in total. The van der Waals surface area contributed by atoms with Gasteiger partial charge >= 0.3 is 0 Å². The van der Waals surface area contributed by atoms with E-state index in [1.165, 1.54) is 60.9 Å². The van der Waals surface area contributed by atoms with Crippen molar-refractivity contribution in [2.75, 3.05) is 60.5 Å². The Morgan fingerprint density at radius 2 is 1.66 bits per heavy atom. The molecule has 0 atom stereocenters. The van der Waals surface area contributed by atoms with Gasteiger partial charge in [-0.2, -0.15) is 4.31 Å². The van der Waals surface area contributed by atoms with E-state index in [0.717, 1.165) is 4.31 Å². The van der Waals surface area contributed by atoms with Crippen molar-refractivity contribution in [2.45, 2.75) is 9.79 Å². The summed E-state index contributed by atoms with van der Waals surface area (Å²) >= 11 is 6.18. The molecule has 1 aliphatic heterocycles. The van der Waals surface area contributed by atoms with Crippen LogP contribution in [0.5, 0.6) is 5.75 Å². The maximum atomic E-state index is 13.1. The quantitative estimate of drug-likeness (QED) is 0.473. The fourth-order valence-electron chi connectivity index (χ4n) is 3.36. The molecular weight excluding hydrogens is 516 g/mol. The summed E-state index contributed by atoms with van der Waals surface area (Å²) in [6, 6.07) is 10.1. The number of hydrogen-bond acceptors (Lipinski definition) is 7. The predicted octanol–water partition coefficient (Wildman–Crippen LogP) is 1.34. The smallest absolute Gasteiger partial charge is 0.251 e. The van der Waals surface area contributed by atoms with Gasteiger partial charge in [-0.15, -0.1) is 0 Å². The second-order valence-electron chi connectivity index (χ2n) is 8.22. The minimum atomic E-state index is -3.83. The Kier molecular flexibility index (Phi) is 8.78. The number of carbonyl (C=O) groups excluding carboxylic acids is 1. The van der Waals surface area contributed by atoms with Gasteiger partial charge in [0.2, 0.25) is 20.0 Å². The van der Waals surface area contributed by atoms with Gasteiger partial charge in [0.1, 0.15) is 17.3 Å². The van der Waals surface area contributed by atoms with Crippen molar-refractivity contribution in [3.05, 3.63) is 53.1 Å². The third-order valence-electron chi connectivity index (χ3n) is 5.53. The lowest BCUT2D eigenvalue weighted by Gasteiger charge is -2.31. The number of hydrogen-bond donors (Lipinski definition) is 1. The molecule has 0 aliphatic carbocycles. The number of nitrogens with zero attached hydrogens (tertiary/aromatic N) is 3. The molecule has 2 aromatic rings. The molecule has 2 aromatic carbocycles. The summed E-state index contributed by atoms with van der Waals surface area (Å²) in [6.45, 7) is 2.22. The Hall–Kier alpha value is -2.22. The van der Waals surface area contributed by atoms with Crippen molar-refractivity contribution in [1.29, 1.82) is 0 Å². The Balaban J connectivity index is 1.58. The number of carbonyl (C=O) groups is 1. The number of piperazine rings is 1. The number of ether oxygens (including phenoxy) is 1. The van der Waals surface area contributed by atoms with Crippen molar-refractivity contribution in [3.8, 4) is 5.75 Å². The summed E-state index contributed by atoms with van der Waals surface area (Å²) in [4.78, 5) is 14.7. The molecule has 0 radical (unpaired) electrons. The van der Waals surface area contributed by atoms with Crippen LogP contribution in [0.1, 0.15) is 10.4 Å². The predicted molar refractivity (Wildman–Crippen MR) is 133 cm³/mol. The number of amides is 1. The van der Waals surface area contributed by atoms with Crippen molar-refractivity contribution in [3.63, 3.8) is 0 Å². The van der Waals surface area contributed by atoms with Crippen LogP contribution in [0.3, 0.4) is 0 Å². The number of sulfonamides is 2. The molecule has 1 saturated heterocycles. The van der Waals surface area contributed by atoms with Crippen LogP contribution >= 0.6 is 11.6 Å². The van der Waals surface area contributed by atoms with E-state index in [1.807, 2.05) is 11.9 Å². The van der Waals surface area contributed by atoms with Crippen molar-refractivity contribution >= 4 is 37.6 Å².